The van der Waals surface area contributed by atoms with Crippen molar-refractivity contribution in [2.24, 2.45) is 0 Å². The molecule has 0 N–H and O–H groups in total. The van der Waals surface area contributed by atoms with E-state index in [0.717, 1.165) is 0 Å². The molecular weight excluding hydrogens is 1340 g/mol. The Bertz CT molecular complexity index is 676. The van der Waals surface area contributed by atoms with Crippen molar-refractivity contribution in [3.05, 3.63) is 95.1 Å². The number of hydrogen-bond acceptors (Lipinski definition) is 12. The molecule has 0 saturated heterocycles. The molecular formula is C26H36Cu6N6S6W2-8. The zero-order valence-corrected chi connectivity index (χ0v) is 42.9. The maximum absolute atomic E-state index is 6.25. The summed E-state index contributed by atoms with van der Waals surface area (Å²) in [5.74, 6) is 0. The minimum atomic E-state index is 0. The topological polar surface area (TPSA) is 143 Å². The summed E-state index contributed by atoms with van der Waals surface area (Å²) in [5.41, 5.74) is 14.7. The van der Waals surface area contributed by atoms with Crippen LogP contribution in [0.4, 0.5) is 0 Å². The fourth-order valence-corrected chi connectivity index (χ4v) is 2.81. The van der Waals surface area contributed by atoms with E-state index < -0.39 is 0 Å². The molecule has 292 valence electrons. The first kappa shape index (κ1) is 135. The first-order valence-corrected chi connectivity index (χ1v) is 8.84. The summed E-state index contributed by atoms with van der Waals surface area (Å²) in [6.45, 7) is 50.5. The first-order valence-electron chi connectivity index (χ1n) is 8.84. The molecule has 0 aromatic heterocycles. The molecule has 0 aliphatic rings. The Morgan fingerprint density at radius 2 is 0.370 bits per heavy atom. The molecule has 2 aromatic rings. The van der Waals surface area contributed by atoms with Gasteiger partial charge in [0.2, 0.25) is 0 Å². The summed E-state index contributed by atoms with van der Waals surface area (Å²) in [4.78, 5) is 0. The van der Waals surface area contributed by atoms with Crippen molar-refractivity contribution in [1.29, 1.82) is 31.6 Å². The molecule has 2 rings (SSSR count). The van der Waals surface area contributed by atoms with Crippen molar-refractivity contribution in [2.45, 2.75) is 69.2 Å². The van der Waals surface area contributed by atoms with Crippen LogP contribution in [0.2, 0.25) is 0 Å². The average Bonchev–Trinajstić information content (AvgIpc) is 3.16. The van der Waals surface area contributed by atoms with Crippen LogP contribution in [0.25, 0.3) is 0 Å². The SMILES string of the molecule is Cc1c(C)c(C)[c-](C)c1C.Cc1c(C)c(C)[c-](C)c1C.[C-]#N.[C-]#N.[C-]#N.[C-]#N.[C-]#N.[C-]#N.[Cu+].[Cu+].[Cu+].[Cu+].[Cu+].[Cu+].[SH-].[SH-].[SH-].[SH-].[SH-].[SH-].[W].[W]. The molecule has 0 saturated carbocycles. The fourth-order valence-electron chi connectivity index (χ4n) is 2.81. The molecule has 0 radical (unpaired) electrons. The van der Waals surface area contributed by atoms with Crippen LogP contribution in [0, 0.1) is 140 Å². The summed E-state index contributed by atoms with van der Waals surface area (Å²) in [7, 11) is 0. The third kappa shape index (κ3) is 53.0. The molecule has 0 amide bonds. The maximum Gasteiger partial charge on any atom is 1.00 e. The van der Waals surface area contributed by atoms with Crippen molar-refractivity contribution in [3.8, 4) is 0 Å². The maximum atomic E-state index is 6.25. The van der Waals surface area contributed by atoms with E-state index in [9.17, 15) is 0 Å². The number of thiol groups is 6. The van der Waals surface area contributed by atoms with Gasteiger partial charge in [0.1, 0.15) is 0 Å². The van der Waals surface area contributed by atoms with Crippen LogP contribution < -0.4 is 0 Å². The third-order valence-corrected chi connectivity index (χ3v) is 5.62. The van der Waals surface area contributed by atoms with Crippen LogP contribution in [-0.4, -0.2) is 0 Å². The van der Waals surface area contributed by atoms with Gasteiger partial charge in [-0.2, -0.15) is 55.6 Å². The minimum Gasteiger partial charge on any atom is -0.813 e. The summed E-state index contributed by atoms with van der Waals surface area (Å²) < 4.78 is 0. The molecule has 0 aliphatic carbocycles. The van der Waals surface area contributed by atoms with E-state index in [1.54, 1.807) is 0 Å². The second kappa shape index (κ2) is 97.2. The number of rotatable bonds is 0. The molecule has 6 nitrogen and oxygen atoms in total. The second-order valence-corrected chi connectivity index (χ2v) is 6.25. The second-order valence-electron chi connectivity index (χ2n) is 6.25. The molecule has 0 bridgehead atoms. The predicted octanol–water partition coefficient (Wildman–Crippen LogP) is 4.83. The van der Waals surface area contributed by atoms with Crippen LogP contribution >= 0.6 is 0 Å². The van der Waals surface area contributed by atoms with Gasteiger partial charge in [-0.3, -0.25) is 0 Å². The zero-order chi connectivity index (χ0) is 27.8. The Hall–Kier alpha value is 2.23. The standard InChI is InChI=1S/2C10H15.6CN.6Cu.6H2S.2W/c2*1-6-7(2)9(4)10(5)8(6)3;6*1-2;;;;;;;;;;;;;;/h2*1-5H3;;;;;;;;;;;;;6*1H2;;/q8*-1;6*+1;;;;;;;;/p-6. The first-order chi connectivity index (χ1) is 15.1. The van der Waals surface area contributed by atoms with Crippen LogP contribution in [0.1, 0.15) is 55.6 Å². The smallest absolute Gasteiger partial charge is 0.813 e. The van der Waals surface area contributed by atoms with Gasteiger partial charge in [0.15, 0.2) is 0 Å². The molecule has 0 fully saturated rings. The van der Waals surface area contributed by atoms with Crippen LogP contribution in [-0.2, 0) is 226 Å². The molecule has 2 aromatic carbocycles. The van der Waals surface area contributed by atoms with E-state index in [1.165, 1.54) is 55.6 Å². The monoisotopic (exact) mass is 1370 g/mol. The van der Waals surface area contributed by atoms with Crippen LogP contribution in [0.5, 0.6) is 0 Å². The van der Waals surface area contributed by atoms with Crippen LogP contribution in [0.3, 0.4) is 0 Å². The molecule has 46 heavy (non-hydrogen) atoms. The third-order valence-electron chi connectivity index (χ3n) is 5.62. The van der Waals surface area contributed by atoms with Gasteiger partial charge in [-0.15, -0.1) is 0 Å². The van der Waals surface area contributed by atoms with Gasteiger partial charge in [0.05, 0.1) is 0 Å². The summed E-state index contributed by atoms with van der Waals surface area (Å²) >= 11 is 0. The van der Waals surface area contributed by atoms with E-state index in [-0.39, 0.29) is 226 Å². The largest absolute Gasteiger partial charge is 1.00 e. The zero-order valence-electron chi connectivity index (χ0n) is 26.0. The van der Waals surface area contributed by atoms with E-state index in [1.807, 2.05) is 0 Å². The van der Waals surface area contributed by atoms with E-state index in [0.29, 0.717) is 0 Å². The van der Waals surface area contributed by atoms with E-state index in [2.05, 4.69) is 69.2 Å². The molecule has 0 atom stereocenters. The van der Waals surface area contributed by atoms with Gasteiger partial charge >= 0.3 is 102 Å². The Labute approximate surface area is 415 Å². The summed E-state index contributed by atoms with van der Waals surface area (Å²) in [6, 6.07) is 0. The normalized spacial score (nSPS) is 4.83. The number of hydrogen-bond donors (Lipinski definition) is 0. The van der Waals surface area contributed by atoms with Crippen molar-refractivity contribution in [3.63, 3.8) is 0 Å². The summed E-state index contributed by atoms with van der Waals surface area (Å²) in [6.07, 6.45) is 0. The minimum absolute atomic E-state index is 0. The van der Waals surface area contributed by atoms with E-state index >= 15 is 0 Å². The molecule has 0 spiro atoms. The van der Waals surface area contributed by atoms with Crippen molar-refractivity contribution in [1.82, 2.24) is 0 Å². The molecule has 0 heterocycles. The van der Waals surface area contributed by atoms with Gasteiger partial charge in [0.25, 0.3) is 0 Å². The number of nitrogens with zero attached hydrogens (tertiary/aromatic N) is 6. The fraction of sp³-hybridized carbons (Fsp3) is 0.385. The van der Waals surface area contributed by atoms with Crippen molar-refractivity contribution in [2.75, 3.05) is 0 Å². The Morgan fingerprint density at radius 1 is 0.304 bits per heavy atom. The molecule has 0 unspecified atom stereocenters. The Kier molecular flexibility index (Phi) is 285. The predicted molar refractivity (Wildman–Crippen MR) is 174 cm³/mol. The Morgan fingerprint density at radius 3 is 0.391 bits per heavy atom. The van der Waals surface area contributed by atoms with Gasteiger partial charge in [-0.05, 0) is 0 Å². The summed E-state index contributed by atoms with van der Waals surface area (Å²) in [5, 5.41) is 37.5. The van der Waals surface area contributed by atoms with Crippen molar-refractivity contribution >= 4 is 81.0 Å². The van der Waals surface area contributed by atoms with Gasteiger partial charge in [-0.1, -0.05) is 69.2 Å². The van der Waals surface area contributed by atoms with Gasteiger partial charge in [0, 0.05) is 42.1 Å². The van der Waals surface area contributed by atoms with E-state index in [4.69, 9.17) is 71.0 Å². The van der Waals surface area contributed by atoms with Crippen molar-refractivity contribution < 1.29 is 145 Å². The van der Waals surface area contributed by atoms with Crippen LogP contribution in [0.15, 0.2) is 0 Å². The van der Waals surface area contributed by atoms with Gasteiger partial charge in [-0.25, -0.2) is 0 Å². The molecule has 20 heteroatoms. The van der Waals surface area contributed by atoms with Gasteiger partial charge < -0.3 is 152 Å². The molecule has 0 aliphatic heterocycles. The quantitative estimate of drug-likeness (QED) is 0.154. The Balaban J connectivity index is -0.00000000999. The average molecular weight is 1370 g/mol.